The van der Waals surface area contributed by atoms with Gasteiger partial charge in [-0.25, -0.2) is 4.98 Å². The van der Waals surface area contributed by atoms with E-state index in [0.717, 1.165) is 31.6 Å². The number of nitrogens with one attached hydrogen (secondary N) is 1. The number of amides is 1. The third-order valence-electron chi connectivity index (χ3n) is 4.98. The van der Waals surface area contributed by atoms with E-state index in [2.05, 4.69) is 15.2 Å². The fraction of sp³-hybridized carbons (Fsp3) is 0.474. The second-order valence-electron chi connectivity index (χ2n) is 6.86. The van der Waals surface area contributed by atoms with Gasteiger partial charge in [-0.3, -0.25) is 4.79 Å². The van der Waals surface area contributed by atoms with Crippen molar-refractivity contribution in [3.8, 4) is 0 Å². The van der Waals surface area contributed by atoms with Crippen LogP contribution in [0.15, 0.2) is 49.1 Å². The molecule has 3 rings (SSSR count). The SMILES string of the molecule is CN1CCC(O)(C(=O)N[C@H](CCn2ccnc2)c2ccccc2)CC1. The highest BCUT2D eigenvalue weighted by Gasteiger charge is 2.39. The first kappa shape index (κ1) is 17.6. The summed E-state index contributed by atoms with van der Waals surface area (Å²) in [5.74, 6) is -0.264. The number of aliphatic hydroxyl groups is 1. The van der Waals surface area contributed by atoms with Crippen molar-refractivity contribution in [1.29, 1.82) is 0 Å². The summed E-state index contributed by atoms with van der Waals surface area (Å²) in [4.78, 5) is 19.0. The van der Waals surface area contributed by atoms with Crippen LogP contribution in [0.3, 0.4) is 0 Å². The minimum Gasteiger partial charge on any atom is -0.380 e. The summed E-state index contributed by atoms with van der Waals surface area (Å²) in [6, 6.07) is 9.78. The van der Waals surface area contributed by atoms with Crippen molar-refractivity contribution in [3.63, 3.8) is 0 Å². The molecule has 134 valence electrons. The Hall–Kier alpha value is -2.18. The van der Waals surface area contributed by atoms with Crippen LogP contribution in [0.5, 0.6) is 0 Å². The van der Waals surface area contributed by atoms with Gasteiger partial charge in [-0.1, -0.05) is 30.3 Å². The molecule has 2 aromatic rings. The summed E-state index contributed by atoms with van der Waals surface area (Å²) in [5, 5.41) is 13.8. The lowest BCUT2D eigenvalue weighted by Crippen LogP contribution is -2.53. The Labute approximate surface area is 148 Å². The summed E-state index contributed by atoms with van der Waals surface area (Å²) in [5.41, 5.74) is -0.221. The zero-order valence-corrected chi connectivity index (χ0v) is 14.6. The van der Waals surface area contributed by atoms with Crippen molar-refractivity contribution in [1.82, 2.24) is 19.8 Å². The Balaban J connectivity index is 1.69. The van der Waals surface area contributed by atoms with Crippen LogP contribution >= 0.6 is 0 Å². The Morgan fingerprint density at radius 2 is 2.04 bits per heavy atom. The third-order valence-corrected chi connectivity index (χ3v) is 4.98. The van der Waals surface area contributed by atoms with Gasteiger partial charge in [-0.2, -0.15) is 0 Å². The van der Waals surface area contributed by atoms with Crippen molar-refractivity contribution in [2.75, 3.05) is 20.1 Å². The molecule has 1 saturated heterocycles. The standard InChI is InChI=1S/C19H26N4O2/c1-22-12-8-19(25,9-13-22)18(24)21-17(16-5-3-2-4-6-16)7-11-23-14-10-20-15-23/h2-6,10,14-15,17,25H,7-9,11-13H2,1H3,(H,21,24)/t17-/m1/s1. The van der Waals surface area contributed by atoms with Gasteiger partial charge >= 0.3 is 0 Å². The zero-order chi connectivity index (χ0) is 17.7. The molecule has 1 amide bonds. The Kier molecular flexibility index (Phi) is 5.50. The van der Waals surface area contributed by atoms with Crippen molar-refractivity contribution >= 4 is 5.91 Å². The number of hydrogen-bond acceptors (Lipinski definition) is 4. The van der Waals surface area contributed by atoms with Gasteiger partial charge in [0.1, 0.15) is 5.60 Å². The molecule has 25 heavy (non-hydrogen) atoms. The van der Waals surface area contributed by atoms with Crippen LogP contribution in [0.25, 0.3) is 0 Å². The number of hydrogen-bond donors (Lipinski definition) is 2. The molecule has 6 heteroatoms. The predicted molar refractivity (Wildman–Crippen MR) is 95.9 cm³/mol. The molecule has 2 heterocycles. The van der Waals surface area contributed by atoms with Crippen LogP contribution in [0, 0.1) is 0 Å². The number of aromatic nitrogens is 2. The highest BCUT2D eigenvalue weighted by Crippen LogP contribution is 2.24. The second-order valence-corrected chi connectivity index (χ2v) is 6.86. The molecule has 1 aromatic carbocycles. The van der Waals surface area contributed by atoms with Gasteiger partial charge < -0.3 is 19.9 Å². The van der Waals surface area contributed by atoms with Crippen molar-refractivity contribution < 1.29 is 9.90 Å². The molecule has 6 nitrogen and oxygen atoms in total. The molecular formula is C19H26N4O2. The molecule has 0 aliphatic carbocycles. The minimum atomic E-state index is -1.27. The summed E-state index contributed by atoms with van der Waals surface area (Å²) in [6.45, 7) is 2.21. The maximum Gasteiger partial charge on any atom is 0.252 e. The number of piperidine rings is 1. The Morgan fingerprint density at radius 3 is 2.68 bits per heavy atom. The second kappa shape index (κ2) is 7.80. The highest BCUT2D eigenvalue weighted by molar-refractivity contribution is 5.85. The highest BCUT2D eigenvalue weighted by atomic mass is 16.3. The quantitative estimate of drug-likeness (QED) is 0.836. The van der Waals surface area contributed by atoms with Gasteiger partial charge in [0.05, 0.1) is 12.4 Å². The predicted octanol–water partition coefficient (Wildman–Crippen LogP) is 1.59. The van der Waals surface area contributed by atoms with Crippen LogP contribution < -0.4 is 5.32 Å². The Morgan fingerprint density at radius 1 is 1.32 bits per heavy atom. The minimum absolute atomic E-state index is 0.139. The number of carbonyl (C=O) groups is 1. The van der Waals surface area contributed by atoms with E-state index in [-0.39, 0.29) is 11.9 Å². The van der Waals surface area contributed by atoms with E-state index in [1.54, 1.807) is 12.5 Å². The van der Waals surface area contributed by atoms with Gasteiger partial charge in [0, 0.05) is 32.0 Å². The molecule has 0 bridgehead atoms. The number of benzene rings is 1. The van der Waals surface area contributed by atoms with Gasteiger partial charge in [-0.15, -0.1) is 0 Å². The van der Waals surface area contributed by atoms with E-state index in [4.69, 9.17) is 0 Å². The molecule has 0 saturated carbocycles. The number of rotatable bonds is 6. The lowest BCUT2D eigenvalue weighted by Gasteiger charge is -2.36. The summed E-state index contributed by atoms with van der Waals surface area (Å²) >= 11 is 0. The maximum absolute atomic E-state index is 12.8. The van der Waals surface area contributed by atoms with Crippen LogP contribution in [-0.2, 0) is 11.3 Å². The molecular weight excluding hydrogens is 316 g/mol. The summed E-state index contributed by atoms with van der Waals surface area (Å²) in [7, 11) is 2.01. The molecule has 0 unspecified atom stereocenters. The maximum atomic E-state index is 12.8. The van der Waals surface area contributed by atoms with E-state index < -0.39 is 5.60 Å². The smallest absolute Gasteiger partial charge is 0.252 e. The van der Waals surface area contributed by atoms with Gasteiger partial charge in [0.25, 0.3) is 5.91 Å². The van der Waals surface area contributed by atoms with Crippen LogP contribution in [0.1, 0.15) is 30.9 Å². The van der Waals surface area contributed by atoms with Crippen LogP contribution in [0.2, 0.25) is 0 Å². The lowest BCUT2D eigenvalue weighted by molar-refractivity contribution is -0.145. The normalized spacial score (nSPS) is 18.6. The van der Waals surface area contributed by atoms with Crippen LogP contribution in [0.4, 0.5) is 0 Å². The van der Waals surface area contributed by atoms with Crippen molar-refractivity contribution in [2.45, 2.75) is 37.5 Å². The Bertz CT molecular complexity index is 664. The molecule has 0 spiro atoms. The number of nitrogens with zero attached hydrogens (tertiary/aromatic N) is 3. The first-order chi connectivity index (χ1) is 12.1. The zero-order valence-electron chi connectivity index (χ0n) is 14.6. The van der Waals surface area contributed by atoms with E-state index in [1.807, 2.05) is 48.1 Å². The molecule has 1 aromatic heterocycles. The number of aryl methyl sites for hydroxylation is 1. The first-order valence-corrected chi connectivity index (χ1v) is 8.79. The number of carbonyl (C=O) groups excluding carboxylic acids is 1. The molecule has 1 fully saturated rings. The number of likely N-dealkylation sites (tertiary alicyclic amines) is 1. The largest absolute Gasteiger partial charge is 0.380 e. The molecule has 0 radical (unpaired) electrons. The fourth-order valence-electron chi connectivity index (χ4n) is 3.21. The average Bonchev–Trinajstić information content (AvgIpc) is 3.15. The lowest BCUT2D eigenvalue weighted by atomic mass is 9.90. The van der Waals surface area contributed by atoms with Gasteiger partial charge in [-0.05, 0) is 31.9 Å². The average molecular weight is 342 g/mol. The van der Waals surface area contributed by atoms with Gasteiger partial charge in [0.15, 0.2) is 0 Å². The van der Waals surface area contributed by atoms with E-state index >= 15 is 0 Å². The first-order valence-electron chi connectivity index (χ1n) is 8.79. The van der Waals surface area contributed by atoms with E-state index in [0.29, 0.717) is 12.8 Å². The van der Waals surface area contributed by atoms with E-state index in [1.165, 1.54) is 0 Å². The summed E-state index contributed by atoms with van der Waals surface area (Å²) < 4.78 is 1.99. The molecule has 1 aliphatic rings. The van der Waals surface area contributed by atoms with Crippen molar-refractivity contribution in [3.05, 3.63) is 54.6 Å². The third kappa shape index (κ3) is 4.46. The monoisotopic (exact) mass is 342 g/mol. The van der Waals surface area contributed by atoms with Gasteiger partial charge in [0.2, 0.25) is 0 Å². The van der Waals surface area contributed by atoms with E-state index in [9.17, 15) is 9.90 Å². The summed E-state index contributed by atoms with van der Waals surface area (Å²) in [6.07, 6.45) is 7.11. The molecule has 2 N–H and O–H groups in total. The fourth-order valence-corrected chi connectivity index (χ4v) is 3.21. The number of imidazole rings is 1. The van der Waals surface area contributed by atoms with Crippen molar-refractivity contribution in [2.24, 2.45) is 0 Å². The molecule has 1 atom stereocenters. The van der Waals surface area contributed by atoms with Crippen LogP contribution in [-0.4, -0.2) is 51.2 Å². The topological polar surface area (TPSA) is 70.4 Å². The molecule has 1 aliphatic heterocycles.